The molecule has 0 bridgehead atoms. The predicted molar refractivity (Wildman–Crippen MR) is 60.2 cm³/mol. The van der Waals surface area contributed by atoms with Crippen LogP contribution in [-0.4, -0.2) is 5.78 Å². The average Bonchev–Trinajstić information content (AvgIpc) is 2.12. The third-order valence-electron chi connectivity index (χ3n) is 3.49. The van der Waals surface area contributed by atoms with Gasteiger partial charge in [-0.05, 0) is 31.1 Å². The molecule has 0 spiro atoms. The molecule has 1 aliphatic carbocycles. The van der Waals surface area contributed by atoms with Crippen molar-refractivity contribution in [1.82, 2.24) is 0 Å². The minimum absolute atomic E-state index is 0.389. The van der Waals surface area contributed by atoms with Crippen molar-refractivity contribution >= 4 is 5.78 Å². The lowest BCUT2D eigenvalue weighted by molar-refractivity contribution is -0.126. The fraction of sp³-hybridized carbons (Fsp3) is 0.923. The Balaban J connectivity index is 2.37. The summed E-state index contributed by atoms with van der Waals surface area (Å²) in [6, 6.07) is 0. The Morgan fingerprint density at radius 1 is 1.50 bits per heavy atom. The molecule has 3 atom stereocenters. The summed E-state index contributed by atoms with van der Waals surface area (Å²) >= 11 is 0. The number of Topliss-reactive ketones (excluding diaryl/α,β-unsaturated/α-hetero) is 1. The summed E-state index contributed by atoms with van der Waals surface area (Å²) < 4.78 is 0. The van der Waals surface area contributed by atoms with E-state index < -0.39 is 0 Å². The Labute approximate surface area is 88.3 Å². The molecule has 82 valence electrons. The molecule has 0 aromatic heterocycles. The SMILES string of the molecule is CCCC(C)CC1CC(C)CCC1=O. The molecule has 1 aliphatic rings. The number of carbonyl (C=O) groups excluding carboxylic acids is 1. The van der Waals surface area contributed by atoms with Crippen molar-refractivity contribution < 1.29 is 4.79 Å². The summed E-state index contributed by atoms with van der Waals surface area (Å²) in [5.74, 6) is 2.43. The summed E-state index contributed by atoms with van der Waals surface area (Å²) in [5.41, 5.74) is 0. The van der Waals surface area contributed by atoms with Crippen LogP contribution in [0.3, 0.4) is 0 Å². The Morgan fingerprint density at radius 3 is 2.86 bits per heavy atom. The Bertz CT molecular complexity index is 186. The van der Waals surface area contributed by atoms with Gasteiger partial charge in [0, 0.05) is 12.3 Å². The minimum Gasteiger partial charge on any atom is -0.299 e. The van der Waals surface area contributed by atoms with Crippen LogP contribution in [0.5, 0.6) is 0 Å². The van der Waals surface area contributed by atoms with Gasteiger partial charge in [0.1, 0.15) is 5.78 Å². The van der Waals surface area contributed by atoms with E-state index in [2.05, 4.69) is 20.8 Å². The maximum Gasteiger partial charge on any atom is 0.136 e. The second-order valence-corrected chi connectivity index (χ2v) is 5.17. The Kier molecular flexibility index (Phi) is 4.64. The summed E-state index contributed by atoms with van der Waals surface area (Å²) in [7, 11) is 0. The van der Waals surface area contributed by atoms with Crippen LogP contribution in [0.4, 0.5) is 0 Å². The van der Waals surface area contributed by atoms with E-state index in [0.717, 1.165) is 37.5 Å². The van der Waals surface area contributed by atoms with Gasteiger partial charge in [-0.25, -0.2) is 0 Å². The molecule has 1 nitrogen and oxygen atoms in total. The second-order valence-electron chi connectivity index (χ2n) is 5.17. The number of carbonyl (C=O) groups is 1. The van der Waals surface area contributed by atoms with E-state index >= 15 is 0 Å². The molecule has 3 unspecified atom stereocenters. The van der Waals surface area contributed by atoms with Crippen molar-refractivity contribution in [2.75, 3.05) is 0 Å². The van der Waals surface area contributed by atoms with E-state index in [9.17, 15) is 4.79 Å². The van der Waals surface area contributed by atoms with Crippen LogP contribution >= 0.6 is 0 Å². The number of hydrogen-bond acceptors (Lipinski definition) is 1. The number of rotatable bonds is 4. The van der Waals surface area contributed by atoms with Crippen molar-refractivity contribution in [2.24, 2.45) is 17.8 Å². The molecule has 1 saturated carbocycles. The van der Waals surface area contributed by atoms with E-state index in [0.29, 0.717) is 11.7 Å². The zero-order chi connectivity index (χ0) is 10.6. The van der Waals surface area contributed by atoms with E-state index in [1.54, 1.807) is 0 Å². The van der Waals surface area contributed by atoms with E-state index in [1.807, 2.05) is 0 Å². The molecule has 0 radical (unpaired) electrons. The maximum atomic E-state index is 11.7. The first-order valence-corrected chi connectivity index (χ1v) is 6.16. The van der Waals surface area contributed by atoms with Gasteiger partial charge in [0.2, 0.25) is 0 Å². The lowest BCUT2D eigenvalue weighted by Crippen LogP contribution is -2.25. The van der Waals surface area contributed by atoms with Crippen LogP contribution in [-0.2, 0) is 4.79 Å². The molecular weight excluding hydrogens is 172 g/mol. The molecule has 0 amide bonds. The predicted octanol–water partition coefficient (Wildman–Crippen LogP) is 3.82. The van der Waals surface area contributed by atoms with Crippen molar-refractivity contribution in [3.8, 4) is 0 Å². The van der Waals surface area contributed by atoms with Crippen LogP contribution < -0.4 is 0 Å². The van der Waals surface area contributed by atoms with Gasteiger partial charge in [0.25, 0.3) is 0 Å². The van der Waals surface area contributed by atoms with Gasteiger partial charge in [0.05, 0.1) is 0 Å². The van der Waals surface area contributed by atoms with Gasteiger partial charge < -0.3 is 0 Å². The second kappa shape index (κ2) is 5.53. The summed E-state index contributed by atoms with van der Waals surface area (Å²) in [4.78, 5) is 11.7. The minimum atomic E-state index is 0.389. The van der Waals surface area contributed by atoms with Crippen molar-refractivity contribution in [3.63, 3.8) is 0 Å². The number of ketones is 1. The first kappa shape index (κ1) is 11.7. The normalized spacial score (nSPS) is 30.4. The topological polar surface area (TPSA) is 17.1 Å². The van der Waals surface area contributed by atoms with Gasteiger partial charge in [-0.15, -0.1) is 0 Å². The lowest BCUT2D eigenvalue weighted by Gasteiger charge is -2.27. The molecule has 0 aromatic rings. The monoisotopic (exact) mass is 196 g/mol. The smallest absolute Gasteiger partial charge is 0.136 e. The van der Waals surface area contributed by atoms with Gasteiger partial charge >= 0.3 is 0 Å². The van der Waals surface area contributed by atoms with Gasteiger partial charge in [-0.1, -0.05) is 33.6 Å². The Morgan fingerprint density at radius 2 is 2.21 bits per heavy atom. The van der Waals surface area contributed by atoms with Crippen LogP contribution in [0.15, 0.2) is 0 Å². The lowest BCUT2D eigenvalue weighted by atomic mass is 9.77. The highest BCUT2D eigenvalue weighted by Crippen LogP contribution is 2.31. The molecule has 0 heterocycles. The first-order chi connectivity index (χ1) is 6.63. The Hall–Kier alpha value is -0.330. The standard InChI is InChI=1S/C13H24O/c1-4-5-10(2)8-12-9-11(3)6-7-13(12)14/h10-12H,4-9H2,1-3H3. The van der Waals surface area contributed by atoms with Crippen LogP contribution in [0.2, 0.25) is 0 Å². The zero-order valence-corrected chi connectivity index (χ0v) is 9.88. The average molecular weight is 196 g/mol. The van der Waals surface area contributed by atoms with Crippen LogP contribution in [0.25, 0.3) is 0 Å². The highest BCUT2D eigenvalue weighted by molar-refractivity contribution is 5.81. The molecule has 0 saturated heterocycles. The van der Waals surface area contributed by atoms with E-state index in [1.165, 1.54) is 12.8 Å². The maximum absolute atomic E-state index is 11.7. The molecule has 1 heteroatoms. The highest BCUT2D eigenvalue weighted by atomic mass is 16.1. The van der Waals surface area contributed by atoms with Gasteiger partial charge in [0.15, 0.2) is 0 Å². The van der Waals surface area contributed by atoms with Crippen molar-refractivity contribution in [3.05, 3.63) is 0 Å². The molecule has 0 aromatic carbocycles. The quantitative estimate of drug-likeness (QED) is 0.668. The summed E-state index contributed by atoms with van der Waals surface area (Å²) in [6.45, 7) is 6.79. The van der Waals surface area contributed by atoms with Crippen molar-refractivity contribution in [1.29, 1.82) is 0 Å². The molecule has 14 heavy (non-hydrogen) atoms. The largest absolute Gasteiger partial charge is 0.299 e. The summed E-state index contributed by atoms with van der Waals surface area (Å²) in [5, 5.41) is 0. The highest BCUT2D eigenvalue weighted by Gasteiger charge is 2.27. The number of hydrogen-bond donors (Lipinski definition) is 0. The fourth-order valence-electron chi connectivity index (χ4n) is 2.65. The van der Waals surface area contributed by atoms with Crippen molar-refractivity contribution in [2.45, 2.75) is 59.3 Å². The fourth-order valence-corrected chi connectivity index (χ4v) is 2.65. The molecule has 1 fully saturated rings. The molecule has 0 aliphatic heterocycles. The third kappa shape index (κ3) is 3.43. The molecule has 0 N–H and O–H groups in total. The van der Waals surface area contributed by atoms with Gasteiger partial charge in [-0.2, -0.15) is 0 Å². The molecule has 1 rings (SSSR count). The van der Waals surface area contributed by atoms with Crippen LogP contribution in [0.1, 0.15) is 59.3 Å². The molecular formula is C13H24O. The first-order valence-electron chi connectivity index (χ1n) is 6.16. The van der Waals surface area contributed by atoms with Gasteiger partial charge in [-0.3, -0.25) is 4.79 Å². The van der Waals surface area contributed by atoms with Crippen LogP contribution in [0, 0.1) is 17.8 Å². The summed E-state index contributed by atoms with van der Waals surface area (Å²) in [6.07, 6.45) is 6.77. The zero-order valence-electron chi connectivity index (χ0n) is 9.88. The third-order valence-corrected chi connectivity index (χ3v) is 3.49. The van der Waals surface area contributed by atoms with E-state index in [-0.39, 0.29) is 0 Å². The van der Waals surface area contributed by atoms with E-state index in [4.69, 9.17) is 0 Å².